The molecule has 1 rings (SSSR count). The minimum absolute atomic E-state index is 0.0481. The van der Waals surface area contributed by atoms with E-state index in [1.807, 2.05) is 0 Å². The molecule has 5 N–H and O–H groups in total. The smallest absolute Gasteiger partial charge is 0.255 e. The third-order valence-corrected chi connectivity index (χ3v) is 2.36. The Morgan fingerprint density at radius 1 is 1.56 bits per heavy atom. The Bertz CT molecular complexity index is 473. The number of aromatic hydroxyl groups is 1. The SMILES string of the molecule is COc1ccc(O)c(C(=O)NC(C)C(N)=NO)c1. The summed E-state index contributed by atoms with van der Waals surface area (Å²) < 4.78 is 4.95. The summed E-state index contributed by atoms with van der Waals surface area (Å²) in [7, 11) is 1.45. The molecule has 0 aliphatic heterocycles. The summed E-state index contributed by atoms with van der Waals surface area (Å²) >= 11 is 0. The van der Waals surface area contributed by atoms with Crippen molar-refractivity contribution in [3.05, 3.63) is 23.8 Å². The van der Waals surface area contributed by atoms with Crippen LogP contribution in [0.4, 0.5) is 0 Å². The maximum absolute atomic E-state index is 11.8. The van der Waals surface area contributed by atoms with E-state index in [0.29, 0.717) is 5.75 Å². The maximum Gasteiger partial charge on any atom is 0.255 e. The summed E-state index contributed by atoms with van der Waals surface area (Å²) in [6.07, 6.45) is 0. The van der Waals surface area contributed by atoms with Gasteiger partial charge in [-0.05, 0) is 25.1 Å². The Hall–Kier alpha value is -2.44. The number of amidine groups is 1. The second-order valence-electron chi connectivity index (χ2n) is 3.60. The zero-order chi connectivity index (χ0) is 13.7. The average Bonchev–Trinajstić information content (AvgIpc) is 2.38. The molecule has 0 heterocycles. The van der Waals surface area contributed by atoms with Crippen molar-refractivity contribution < 1.29 is 19.8 Å². The first-order valence-electron chi connectivity index (χ1n) is 5.15. The largest absolute Gasteiger partial charge is 0.507 e. The van der Waals surface area contributed by atoms with Gasteiger partial charge in [0.25, 0.3) is 5.91 Å². The lowest BCUT2D eigenvalue weighted by Crippen LogP contribution is -2.42. The molecule has 0 saturated carbocycles. The van der Waals surface area contributed by atoms with Crippen LogP contribution >= 0.6 is 0 Å². The lowest BCUT2D eigenvalue weighted by molar-refractivity contribution is 0.0945. The Morgan fingerprint density at radius 3 is 2.78 bits per heavy atom. The highest BCUT2D eigenvalue weighted by Crippen LogP contribution is 2.22. The Kier molecular flexibility index (Phi) is 4.36. The van der Waals surface area contributed by atoms with Crippen molar-refractivity contribution in [2.75, 3.05) is 7.11 Å². The van der Waals surface area contributed by atoms with Gasteiger partial charge in [0.1, 0.15) is 11.5 Å². The maximum atomic E-state index is 11.8. The molecule has 98 valence electrons. The van der Waals surface area contributed by atoms with E-state index in [1.165, 1.54) is 25.3 Å². The minimum atomic E-state index is -0.659. The van der Waals surface area contributed by atoms with Crippen molar-refractivity contribution in [1.29, 1.82) is 0 Å². The van der Waals surface area contributed by atoms with Crippen LogP contribution < -0.4 is 15.8 Å². The van der Waals surface area contributed by atoms with Gasteiger partial charge in [0.2, 0.25) is 0 Å². The lowest BCUT2D eigenvalue weighted by atomic mass is 10.1. The molecule has 0 saturated heterocycles. The number of oxime groups is 1. The fourth-order valence-corrected chi connectivity index (χ4v) is 1.26. The van der Waals surface area contributed by atoms with Crippen LogP contribution in [0.25, 0.3) is 0 Å². The molecular formula is C11H15N3O4. The summed E-state index contributed by atoms with van der Waals surface area (Å²) in [6, 6.07) is 3.61. The van der Waals surface area contributed by atoms with Gasteiger partial charge in [-0.3, -0.25) is 4.79 Å². The number of carbonyl (C=O) groups excluding carboxylic acids is 1. The number of carbonyl (C=O) groups is 1. The standard InChI is InChI=1S/C11H15N3O4/c1-6(10(12)14-17)13-11(16)8-5-7(18-2)3-4-9(8)15/h3-6,15,17H,1-2H3,(H2,12,14)(H,13,16). The topological polar surface area (TPSA) is 117 Å². The number of ether oxygens (including phenoxy) is 1. The molecular weight excluding hydrogens is 238 g/mol. The van der Waals surface area contributed by atoms with Crippen LogP contribution in [-0.2, 0) is 0 Å². The number of rotatable bonds is 4. The average molecular weight is 253 g/mol. The third-order valence-electron chi connectivity index (χ3n) is 2.36. The monoisotopic (exact) mass is 253 g/mol. The molecule has 0 spiro atoms. The van der Waals surface area contributed by atoms with Crippen molar-refractivity contribution >= 4 is 11.7 Å². The van der Waals surface area contributed by atoms with Crippen LogP contribution in [0.5, 0.6) is 11.5 Å². The van der Waals surface area contributed by atoms with Gasteiger partial charge in [0.15, 0.2) is 5.84 Å². The number of benzene rings is 1. The number of hydrogen-bond donors (Lipinski definition) is 4. The van der Waals surface area contributed by atoms with Crippen molar-refractivity contribution in [2.45, 2.75) is 13.0 Å². The molecule has 1 atom stereocenters. The van der Waals surface area contributed by atoms with E-state index in [-0.39, 0.29) is 17.1 Å². The minimum Gasteiger partial charge on any atom is -0.507 e. The Labute approximate surface area is 104 Å². The van der Waals surface area contributed by atoms with Crippen LogP contribution in [-0.4, -0.2) is 35.2 Å². The summed E-state index contributed by atoms with van der Waals surface area (Å²) in [5, 5.41) is 23.3. The van der Waals surface area contributed by atoms with Crippen LogP contribution in [0, 0.1) is 0 Å². The highest BCUT2D eigenvalue weighted by atomic mass is 16.5. The van der Waals surface area contributed by atoms with Crippen LogP contribution in [0.1, 0.15) is 17.3 Å². The first-order chi connectivity index (χ1) is 8.49. The molecule has 1 aromatic rings. The van der Waals surface area contributed by atoms with Gasteiger partial charge in [-0.15, -0.1) is 0 Å². The van der Waals surface area contributed by atoms with Gasteiger partial charge in [0, 0.05) is 0 Å². The van der Waals surface area contributed by atoms with E-state index >= 15 is 0 Å². The van der Waals surface area contributed by atoms with Crippen molar-refractivity contribution in [2.24, 2.45) is 10.9 Å². The molecule has 0 aromatic heterocycles. The number of nitrogens with one attached hydrogen (secondary N) is 1. The molecule has 0 aliphatic carbocycles. The van der Waals surface area contributed by atoms with Crippen LogP contribution in [0.3, 0.4) is 0 Å². The first-order valence-corrected chi connectivity index (χ1v) is 5.15. The summed E-state index contributed by atoms with van der Waals surface area (Å²) in [4.78, 5) is 11.8. The van der Waals surface area contributed by atoms with Crippen LogP contribution in [0.2, 0.25) is 0 Å². The predicted molar refractivity (Wildman–Crippen MR) is 65.0 cm³/mol. The molecule has 0 aliphatic rings. The Balaban J connectivity index is 2.90. The predicted octanol–water partition coefficient (Wildman–Crippen LogP) is 0.265. The molecule has 0 fully saturated rings. The lowest BCUT2D eigenvalue weighted by Gasteiger charge is -2.13. The second-order valence-corrected chi connectivity index (χ2v) is 3.60. The summed E-state index contributed by atoms with van der Waals surface area (Å²) in [6.45, 7) is 1.55. The van der Waals surface area contributed by atoms with Gasteiger partial charge in [-0.2, -0.15) is 0 Å². The quantitative estimate of drug-likeness (QED) is 0.266. The van der Waals surface area contributed by atoms with Gasteiger partial charge < -0.3 is 26.1 Å². The van der Waals surface area contributed by atoms with Crippen LogP contribution in [0.15, 0.2) is 23.4 Å². The number of methoxy groups -OCH3 is 1. The van der Waals surface area contributed by atoms with Gasteiger partial charge in [-0.25, -0.2) is 0 Å². The third kappa shape index (κ3) is 3.03. The van der Waals surface area contributed by atoms with Crippen molar-refractivity contribution in [3.8, 4) is 11.5 Å². The summed E-state index contributed by atoms with van der Waals surface area (Å²) in [5.74, 6) is -0.425. The van der Waals surface area contributed by atoms with E-state index < -0.39 is 11.9 Å². The van der Waals surface area contributed by atoms with Gasteiger partial charge in [0.05, 0.1) is 18.7 Å². The molecule has 1 amide bonds. The number of nitrogens with zero attached hydrogens (tertiary/aromatic N) is 1. The molecule has 7 nitrogen and oxygen atoms in total. The highest BCUT2D eigenvalue weighted by Gasteiger charge is 2.16. The highest BCUT2D eigenvalue weighted by molar-refractivity contribution is 6.00. The van der Waals surface area contributed by atoms with E-state index in [9.17, 15) is 9.90 Å². The van der Waals surface area contributed by atoms with Gasteiger partial charge >= 0.3 is 0 Å². The molecule has 0 radical (unpaired) electrons. The van der Waals surface area contributed by atoms with E-state index in [0.717, 1.165) is 0 Å². The molecule has 0 bridgehead atoms. The normalized spacial score (nSPS) is 12.9. The van der Waals surface area contributed by atoms with Crippen molar-refractivity contribution in [1.82, 2.24) is 5.32 Å². The fraction of sp³-hybridized carbons (Fsp3) is 0.273. The number of hydrogen-bond acceptors (Lipinski definition) is 5. The number of amides is 1. The zero-order valence-electron chi connectivity index (χ0n) is 10.0. The molecule has 7 heteroatoms. The summed E-state index contributed by atoms with van der Waals surface area (Å²) in [5.41, 5.74) is 5.38. The van der Waals surface area contributed by atoms with Crippen molar-refractivity contribution in [3.63, 3.8) is 0 Å². The number of phenols is 1. The molecule has 18 heavy (non-hydrogen) atoms. The zero-order valence-corrected chi connectivity index (χ0v) is 10.0. The van der Waals surface area contributed by atoms with E-state index in [4.69, 9.17) is 15.7 Å². The molecule has 1 aromatic carbocycles. The molecule has 1 unspecified atom stereocenters. The second kappa shape index (κ2) is 5.76. The first kappa shape index (κ1) is 13.6. The van der Waals surface area contributed by atoms with E-state index in [2.05, 4.69) is 10.5 Å². The number of nitrogens with two attached hydrogens (primary N) is 1. The fourth-order valence-electron chi connectivity index (χ4n) is 1.26. The van der Waals surface area contributed by atoms with E-state index in [1.54, 1.807) is 6.92 Å². The number of phenolic OH excluding ortho intramolecular Hbond substituents is 1. The van der Waals surface area contributed by atoms with Gasteiger partial charge in [-0.1, -0.05) is 5.16 Å². The Morgan fingerprint density at radius 2 is 2.22 bits per heavy atom.